The van der Waals surface area contributed by atoms with E-state index in [2.05, 4.69) is 6.07 Å². The van der Waals surface area contributed by atoms with Gasteiger partial charge in [0.25, 0.3) is 11.8 Å². The molecular weight excluding hydrogens is 508 g/mol. The van der Waals surface area contributed by atoms with Gasteiger partial charge in [-0.2, -0.15) is 5.26 Å². The van der Waals surface area contributed by atoms with Gasteiger partial charge in [-0.15, -0.1) is 0 Å². The van der Waals surface area contributed by atoms with Crippen LogP contribution in [-0.4, -0.2) is 40.6 Å². The summed E-state index contributed by atoms with van der Waals surface area (Å²) in [5, 5.41) is 9.51. The number of imide groups is 1. The number of benzene rings is 2. The molecule has 4 aliphatic heterocycles. The van der Waals surface area contributed by atoms with E-state index in [1.54, 1.807) is 30.3 Å². The number of hydrogen-bond donors (Lipinski definition) is 0. The molecule has 8 nitrogen and oxygen atoms in total. The molecule has 0 N–H and O–H groups in total. The summed E-state index contributed by atoms with van der Waals surface area (Å²) in [5.74, 6) is -1.21. The van der Waals surface area contributed by atoms with Crippen molar-refractivity contribution in [2.24, 2.45) is 0 Å². The van der Waals surface area contributed by atoms with Crippen molar-refractivity contribution in [3.8, 4) is 6.07 Å². The summed E-state index contributed by atoms with van der Waals surface area (Å²) in [6.45, 7) is 0.310. The number of amides is 2. The van der Waals surface area contributed by atoms with Crippen LogP contribution in [0.4, 0.5) is 0 Å². The molecule has 0 radical (unpaired) electrons. The fraction of sp³-hybridized carbons (Fsp3) is 0.438. The zero-order chi connectivity index (χ0) is 27.5. The second-order valence-corrected chi connectivity index (χ2v) is 11.6. The third-order valence-electron chi connectivity index (χ3n) is 9.06. The molecule has 2 bridgehead atoms. The molecule has 40 heavy (non-hydrogen) atoms. The second-order valence-electron chi connectivity index (χ2n) is 11.6. The standard InChI is InChI=1S/C32H30N2O6/c33-19-20-10-11-22-21(16-20)17-32(14-6-7-15-34-28(35)23-8-2-3-9-24(23)29(34)36)38-25-18-31(12-4-1-5-13-31)40-30(37)26(25)27(22)39-32/h2-3,8-11,16,27H,1,4-7,12-15,17-18H2. The van der Waals surface area contributed by atoms with E-state index in [-0.39, 0.29) is 17.8 Å². The average Bonchev–Trinajstić information content (AvgIpc) is 3.19. The van der Waals surface area contributed by atoms with Gasteiger partial charge in [-0.1, -0.05) is 24.6 Å². The average molecular weight is 539 g/mol. The number of nitrogens with zero attached hydrogens (tertiary/aromatic N) is 2. The summed E-state index contributed by atoms with van der Waals surface area (Å²) in [7, 11) is 0. The highest BCUT2D eigenvalue weighted by atomic mass is 16.7. The lowest BCUT2D eigenvalue weighted by atomic mass is 9.77. The molecule has 2 aromatic rings. The molecule has 1 aliphatic carbocycles. The first-order valence-electron chi connectivity index (χ1n) is 14.2. The van der Waals surface area contributed by atoms with Gasteiger partial charge < -0.3 is 14.2 Å². The zero-order valence-corrected chi connectivity index (χ0v) is 22.2. The van der Waals surface area contributed by atoms with Gasteiger partial charge in [0.05, 0.1) is 22.8 Å². The molecule has 0 aromatic heterocycles. The molecule has 1 fully saturated rings. The Morgan fingerprint density at radius 3 is 2.40 bits per heavy atom. The van der Waals surface area contributed by atoms with Crippen LogP contribution in [0.15, 0.2) is 53.8 Å². The molecule has 2 atom stereocenters. The highest BCUT2D eigenvalue weighted by Crippen LogP contribution is 2.53. The normalized spacial score (nSPS) is 26.0. The molecule has 1 spiro atoms. The Labute approximate surface area is 232 Å². The molecular formula is C32H30N2O6. The molecule has 1 saturated carbocycles. The minimum absolute atomic E-state index is 0.257. The van der Waals surface area contributed by atoms with Gasteiger partial charge in [0.2, 0.25) is 5.79 Å². The van der Waals surface area contributed by atoms with Crippen molar-refractivity contribution in [2.45, 2.75) is 81.7 Å². The lowest BCUT2D eigenvalue weighted by Crippen LogP contribution is -2.52. The van der Waals surface area contributed by atoms with Crippen molar-refractivity contribution >= 4 is 17.8 Å². The fourth-order valence-corrected chi connectivity index (χ4v) is 7.11. The maximum absolute atomic E-state index is 13.4. The van der Waals surface area contributed by atoms with Gasteiger partial charge in [-0.05, 0) is 73.9 Å². The summed E-state index contributed by atoms with van der Waals surface area (Å²) in [6.07, 6.45) is 6.99. The smallest absolute Gasteiger partial charge is 0.341 e. The molecule has 4 heterocycles. The molecule has 2 amide bonds. The predicted octanol–water partition coefficient (Wildman–Crippen LogP) is 5.27. The van der Waals surface area contributed by atoms with E-state index in [0.717, 1.165) is 43.2 Å². The van der Waals surface area contributed by atoms with Gasteiger partial charge in [0.15, 0.2) is 0 Å². The first-order chi connectivity index (χ1) is 19.4. The number of carbonyl (C=O) groups excluding carboxylic acids is 3. The molecule has 2 unspecified atom stereocenters. The molecule has 0 saturated heterocycles. The summed E-state index contributed by atoms with van der Waals surface area (Å²) >= 11 is 0. The lowest BCUT2D eigenvalue weighted by Gasteiger charge is -2.51. The SMILES string of the molecule is N#Cc1ccc2c(c1)CC1(CCCCN3C(=O)c4ccccc4C3=O)OC3=C(C(=O)OC4(CCCCC4)C3)C2O1. The topological polar surface area (TPSA) is 106 Å². The third-order valence-corrected chi connectivity index (χ3v) is 9.06. The van der Waals surface area contributed by atoms with E-state index in [1.807, 2.05) is 12.1 Å². The van der Waals surface area contributed by atoms with Crippen LogP contribution >= 0.6 is 0 Å². The van der Waals surface area contributed by atoms with Gasteiger partial charge >= 0.3 is 5.97 Å². The molecule has 8 heteroatoms. The van der Waals surface area contributed by atoms with Crippen molar-refractivity contribution in [3.63, 3.8) is 0 Å². The molecule has 2 aromatic carbocycles. The summed E-state index contributed by atoms with van der Waals surface area (Å²) in [5.41, 5.74) is 3.15. The third kappa shape index (κ3) is 3.95. The highest BCUT2D eigenvalue weighted by molar-refractivity contribution is 6.21. The van der Waals surface area contributed by atoms with E-state index < -0.39 is 17.5 Å². The van der Waals surface area contributed by atoms with Crippen LogP contribution in [0.2, 0.25) is 0 Å². The zero-order valence-electron chi connectivity index (χ0n) is 22.2. The van der Waals surface area contributed by atoms with Crippen LogP contribution in [0, 0.1) is 11.3 Å². The van der Waals surface area contributed by atoms with Crippen molar-refractivity contribution in [2.75, 3.05) is 6.54 Å². The first kappa shape index (κ1) is 25.0. The Kier molecular flexibility index (Phi) is 5.83. The maximum atomic E-state index is 13.4. The van der Waals surface area contributed by atoms with E-state index in [9.17, 15) is 19.6 Å². The van der Waals surface area contributed by atoms with E-state index >= 15 is 0 Å². The van der Waals surface area contributed by atoms with Crippen LogP contribution in [-0.2, 0) is 25.4 Å². The van der Waals surface area contributed by atoms with Gasteiger partial charge in [-0.25, -0.2) is 4.79 Å². The van der Waals surface area contributed by atoms with E-state index in [1.165, 1.54) is 4.90 Å². The van der Waals surface area contributed by atoms with Crippen LogP contribution in [0.5, 0.6) is 0 Å². The van der Waals surface area contributed by atoms with Crippen molar-refractivity contribution in [1.29, 1.82) is 5.26 Å². The van der Waals surface area contributed by atoms with Crippen molar-refractivity contribution in [1.82, 2.24) is 4.90 Å². The summed E-state index contributed by atoms with van der Waals surface area (Å²) in [4.78, 5) is 40.3. The van der Waals surface area contributed by atoms with Gasteiger partial charge in [-0.3, -0.25) is 14.5 Å². The Bertz CT molecular complexity index is 1480. The van der Waals surface area contributed by atoms with Crippen molar-refractivity contribution in [3.05, 3.63) is 81.6 Å². The number of unbranched alkanes of at least 4 members (excludes halogenated alkanes) is 1. The van der Waals surface area contributed by atoms with Crippen LogP contribution in [0.25, 0.3) is 0 Å². The van der Waals surface area contributed by atoms with Gasteiger partial charge in [0, 0.05) is 25.8 Å². The number of fused-ring (bicyclic) bond motifs is 6. The Morgan fingerprint density at radius 1 is 0.925 bits per heavy atom. The maximum Gasteiger partial charge on any atom is 0.341 e. The molecule has 5 aliphatic rings. The monoisotopic (exact) mass is 538 g/mol. The number of esters is 1. The largest absolute Gasteiger partial charge is 0.465 e. The van der Waals surface area contributed by atoms with Crippen LogP contribution in [0.3, 0.4) is 0 Å². The number of rotatable bonds is 5. The summed E-state index contributed by atoms with van der Waals surface area (Å²) < 4.78 is 19.3. The Morgan fingerprint density at radius 2 is 1.68 bits per heavy atom. The minimum atomic E-state index is -1.000. The number of nitriles is 1. The van der Waals surface area contributed by atoms with Crippen molar-refractivity contribution < 1.29 is 28.6 Å². The molecule has 204 valence electrons. The van der Waals surface area contributed by atoms with E-state index in [0.29, 0.717) is 66.7 Å². The highest BCUT2D eigenvalue weighted by Gasteiger charge is 2.55. The molecule has 7 rings (SSSR count). The van der Waals surface area contributed by atoms with Gasteiger partial charge in [0.1, 0.15) is 23.0 Å². The number of hydrogen-bond acceptors (Lipinski definition) is 7. The predicted molar refractivity (Wildman–Crippen MR) is 142 cm³/mol. The van der Waals surface area contributed by atoms with E-state index in [4.69, 9.17) is 14.2 Å². The number of ether oxygens (including phenoxy) is 3. The van der Waals surface area contributed by atoms with Crippen LogP contribution < -0.4 is 0 Å². The fourth-order valence-electron chi connectivity index (χ4n) is 7.11. The quantitative estimate of drug-likeness (QED) is 0.290. The summed E-state index contributed by atoms with van der Waals surface area (Å²) in [6, 6.07) is 14.6. The number of carbonyl (C=O) groups is 3. The van der Waals surface area contributed by atoms with Crippen LogP contribution in [0.1, 0.15) is 101 Å². The Hall–Kier alpha value is -3.96. The second kappa shape index (κ2) is 9.31. The first-order valence-corrected chi connectivity index (χ1v) is 14.2. The minimum Gasteiger partial charge on any atom is -0.465 e. The Balaban J connectivity index is 1.14. The lowest BCUT2D eigenvalue weighted by molar-refractivity contribution is -0.272.